The Morgan fingerprint density at radius 2 is 2.05 bits per heavy atom. The quantitative estimate of drug-likeness (QED) is 0.765. The van der Waals surface area contributed by atoms with Gasteiger partial charge in [-0.15, -0.1) is 0 Å². The molecule has 0 bridgehead atoms. The lowest BCUT2D eigenvalue weighted by atomic mass is 10.1. The fraction of sp³-hybridized carbons (Fsp3) is 0.375. The number of nitrogens with one attached hydrogen (secondary N) is 2. The average Bonchev–Trinajstić information content (AvgIpc) is 2.56. The number of rotatable bonds is 7. The summed E-state index contributed by atoms with van der Waals surface area (Å²) in [6, 6.07) is 7.27. The van der Waals surface area contributed by atoms with Crippen molar-refractivity contribution in [3.8, 4) is 22.8 Å². The Kier molecular flexibility index (Phi) is 5.55. The zero-order valence-electron chi connectivity index (χ0n) is 13.1. The summed E-state index contributed by atoms with van der Waals surface area (Å²) >= 11 is 0. The topological polar surface area (TPSA) is 76.2 Å². The van der Waals surface area contributed by atoms with Crippen molar-refractivity contribution in [3.63, 3.8) is 0 Å². The van der Waals surface area contributed by atoms with Crippen LogP contribution in [0.4, 0.5) is 0 Å². The van der Waals surface area contributed by atoms with Crippen molar-refractivity contribution in [1.82, 2.24) is 15.5 Å². The van der Waals surface area contributed by atoms with E-state index in [0.29, 0.717) is 29.3 Å². The Labute approximate surface area is 129 Å². The Morgan fingerprint density at radius 1 is 1.23 bits per heavy atom. The highest BCUT2D eigenvalue weighted by Gasteiger charge is 2.11. The summed E-state index contributed by atoms with van der Waals surface area (Å²) < 4.78 is 10.6. The lowest BCUT2D eigenvalue weighted by Gasteiger charge is -2.10. The van der Waals surface area contributed by atoms with E-state index in [-0.39, 0.29) is 5.56 Å². The smallest absolute Gasteiger partial charge is 0.268 e. The van der Waals surface area contributed by atoms with E-state index >= 15 is 0 Å². The fourth-order valence-corrected chi connectivity index (χ4v) is 2.12. The molecule has 0 unspecified atom stereocenters. The van der Waals surface area contributed by atoms with Crippen molar-refractivity contribution in [2.24, 2.45) is 0 Å². The minimum absolute atomic E-state index is 0.181. The van der Waals surface area contributed by atoms with E-state index in [4.69, 9.17) is 9.47 Å². The number of nitrogens with zero attached hydrogens (tertiary/aromatic N) is 1. The second-order valence-corrected chi connectivity index (χ2v) is 4.85. The lowest BCUT2D eigenvalue weighted by molar-refractivity contribution is 0.395. The standard InChI is InChI=1S/C16H21N3O3/c1-4-7-17-10-11-8-14(18-19-16(11)20)13-6-5-12(21-2)9-15(13)22-3/h5-6,8-9,17H,4,7,10H2,1-3H3,(H,19,20). The molecule has 0 fully saturated rings. The van der Waals surface area contributed by atoms with Crippen LogP contribution in [0.1, 0.15) is 18.9 Å². The largest absolute Gasteiger partial charge is 0.497 e. The number of ether oxygens (including phenoxy) is 2. The van der Waals surface area contributed by atoms with E-state index in [0.717, 1.165) is 18.5 Å². The highest BCUT2D eigenvalue weighted by molar-refractivity contribution is 5.68. The third-order valence-electron chi connectivity index (χ3n) is 3.31. The van der Waals surface area contributed by atoms with Crippen LogP contribution in [0.2, 0.25) is 0 Å². The molecule has 0 atom stereocenters. The number of aromatic amines is 1. The third-order valence-corrected chi connectivity index (χ3v) is 3.31. The Morgan fingerprint density at radius 3 is 2.73 bits per heavy atom. The zero-order chi connectivity index (χ0) is 15.9. The molecule has 0 aliphatic rings. The van der Waals surface area contributed by atoms with Gasteiger partial charge in [0.2, 0.25) is 0 Å². The lowest BCUT2D eigenvalue weighted by Crippen LogP contribution is -2.22. The second kappa shape index (κ2) is 7.61. The van der Waals surface area contributed by atoms with Gasteiger partial charge in [0.15, 0.2) is 0 Å². The maximum atomic E-state index is 11.8. The fourth-order valence-electron chi connectivity index (χ4n) is 2.12. The molecule has 0 aliphatic carbocycles. The van der Waals surface area contributed by atoms with E-state index in [1.807, 2.05) is 12.1 Å². The van der Waals surface area contributed by atoms with Gasteiger partial charge in [-0.05, 0) is 31.2 Å². The molecule has 0 radical (unpaired) electrons. The van der Waals surface area contributed by atoms with Gasteiger partial charge in [-0.25, -0.2) is 5.10 Å². The van der Waals surface area contributed by atoms with Crippen LogP contribution in [0.5, 0.6) is 11.5 Å². The van der Waals surface area contributed by atoms with Gasteiger partial charge in [-0.1, -0.05) is 6.92 Å². The molecular weight excluding hydrogens is 282 g/mol. The first-order valence-electron chi connectivity index (χ1n) is 7.21. The van der Waals surface area contributed by atoms with Crippen molar-refractivity contribution in [2.75, 3.05) is 20.8 Å². The van der Waals surface area contributed by atoms with Crippen molar-refractivity contribution < 1.29 is 9.47 Å². The van der Waals surface area contributed by atoms with Gasteiger partial charge in [-0.2, -0.15) is 5.10 Å². The molecule has 0 amide bonds. The summed E-state index contributed by atoms with van der Waals surface area (Å²) in [4.78, 5) is 11.8. The molecule has 1 heterocycles. The molecule has 0 spiro atoms. The summed E-state index contributed by atoms with van der Waals surface area (Å²) in [5.74, 6) is 1.35. The second-order valence-electron chi connectivity index (χ2n) is 4.85. The number of hydrogen-bond donors (Lipinski definition) is 2. The van der Waals surface area contributed by atoms with Gasteiger partial charge in [0.1, 0.15) is 11.5 Å². The van der Waals surface area contributed by atoms with Gasteiger partial charge < -0.3 is 14.8 Å². The molecular formula is C16H21N3O3. The van der Waals surface area contributed by atoms with E-state index in [1.54, 1.807) is 26.4 Å². The first-order chi connectivity index (χ1) is 10.7. The van der Waals surface area contributed by atoms with Crippen molar-refractivity contribution in [3.05, 3.63) is 40.2 Å². The summed E-state index contributed by atoms with van der Waals surface area (Å²) in [7, 11) is 3.19. The van der Waals surface area contributed by atoms with E-state index in [9.17, 15) is 4.79 Å². The Hall–Kier alpha value is -2.34. The number of H-pyrrole nitrogens is 1. The van der Waals surface area contributed by atoms with Crippen molar-refractivity contribution >= 4 is 0 Å². The Bertz CT molecular complexity index is 683. The molecule has 22 heavy (non-hydrogen) atoms. The van der Waals surface area contributed by atoms with Gasteiger partial charge in [0.05, 0.1) is 19.9 Å². The van der Waals surface area contributed by atoms with Gasteiger partial charge in [-0.3, -0.25) is 4.79 Å². The molecule has 1 aromatic heterocycles. The SMILES string of the molecule is CCCNCc1cc(-c2ccc(OC)cc2OC)n[nH]c1=O. The van der Waals surface area contributed by atoms with Crippen LogP contribution in [-0.4, -0.2) is 31.0 Å². The monoisotopic (exact) mass is 303 g/mol. The highest BCUT2D eigenvalue weighted by Crippen LogP contribution is 2.31. The molecule has 0 aliphatic heterocycles. The molecule has 118 valence electrons. The number of aromatic nitrogens is 2. The number of benzene rings is 1. The van der Waals surface area contributed by atoms with Gasteiger partial charge >= 0.3 is 0 Å². The minimum Gasteiger partial charge on any atom is -0.497 e. The maximum Gasteiger partial charge on any atom is 0.268 e. The number of methoxy groups -OCH3 is 2. The molecule has 2 rings (SSSR count). The first kappa shape index (κ1) is 16.0. The molecule has 1 aromatic carbocycles. The van der Waals surface area contributed by atoms with E-state index in [1.165, 1.54) is 0 Å². The highest BCUT2D eigenvalue weighted by atomic mass is 16.5. The predicted molar refractivity (Wildman–Crippen MR) is 85.4 cm³/mol. The summed E-state index contributed by atoms with van der Waals surface area (Å²) in [5.41, 5.74) is 1.93. The summed E-state index contributed by atoms with van der Waals surface area (Å²) in [6.07, 6.45) is 1.02. The molecule has 0 saturated heterocycles. The van der Waals surface area contributed by atoms with Gasteiger partial charge in [0, 0.05) is 23.7 Å². The van der Waals surface area contributed by atoms with Crippen LogP contribution in [0, 0.1) is 0 Å². The third kappa shape index (κ3) is 3.65. The maximum absolute atomic E-state index is 11.8. The van der Waals surface area contributed by atoms with E-state index < -0.39 is 0 Å². The molecule has 6 nitrogen and oxygen atoms in total. The predicted octanol–water partition coefficient (Wildman–Crippen LogP) is 1.95. The number of hydrogen-bond acceptors (Lipinski definition) is 5. The normalized spacial score (nSPS) is 10.5. The minimum atomic E-state index is -0.181. The average molecular weight is 303 g/mol. The van der Waals surface area contributed by atoms with Crippen molar-refractivity contribution in [1.29, 1.82) is 0 Å². The molecule has 2 aromatic rings. The summed E-state index contributed by atoms with van der Waals surface area (Å²) in [6.45, 7) is 3.46. The van der Waals surface area contributed by atoms with Crippen LogP contribution in [-0.2, 0) is 6.54 Å². The van der Waals surface area contributed by atoms with Crippen LogP contribution in [0.25, 0.3) is 11.3 Å². The molecule has 6 heteroatoms. The van der Waals surface area contributed by atoms with Crippen LogP contribution < -0.4 is 20.3 Å². The first-order valence-corrected chi connectivity index (χ1v) is 7.21. The van der Waals surface area contributed by atoms with Gasteiger partial charge in [0.25, 0.3) is 5.56 Å². The summed E-state index contributed by atoms with van der Waals surface area (Å²) in [5, 5.41) is 9.88. The van der Waals surface area contributed by atoms with E-state index in [2.05, 4.69) is 22.4 Å². The molecule has 0 saturated carbocycles. The molecule has 2 N–H and O–H groups in total. The van der Waals surface area contributed by atoms with Crippen LogP contribution >= 0.6 is 0 Å². The van der Waals surface area contributed by atoms with Crippen molar-refractivity contribution in [2.45, 2.75) is 19.9 Å². The zero-order valence-corrected chi connectivity index (χ0v) is 13.1. The van der Waals surface area contributed by atoms with Crippen LogP contribution in [0.15, 0.2) is 29.1 Å². The van der Waals surface area contributed by atoms with Crippen LogP contribution in [0.3, 0.4) is 0 Å². The Balaban J connectivity index is 2.36.